The van der Waals surface area contributed by atoms with Crippen LogP contribution in [0.25, 0.3) is 0 Å². The Morgan fingerprint density at radius 1 is 1.00 bits per heavy atom. The third-order valence-electron chi connectivity index (χ3n) is 2.03. The van der Waals surface area contributed by atoms with Crippen molar-refractivity contribution in [3.63, 3.8) is 0 Å². The van der Waals surface area contributed by atoms with E-state index in [1.165, 1.54) is 24.9 Å². The molecule has 0 saturated heterocycles. The molecule has 2 heteroatoms. The number of hydrogen-bond donors (Lipinski definition) is 1. The van der Waals surface area contributed by atoms with E-state index in [1.807, 2.05) is 6.07 Å². The Labute approximate surface area is 113 Å². The van der Waals surface area contributed by atoms with Gasteiger partial charge in [0.1, 0.15) is 0 Å². The average molecular weight is 265 g/mol. The van der Waals surface area contributed by atoms with Gasteiger partial charge >= 0.3 is 0 Å². The van der Waals surface area contributed by atoms with Crippen LogP contribution in [0.5, 0.6) is 0 Å². The summed E-state index contributed by atoms with van der Waals surface area (Å²) in [5.41, 5.74) is 1.22. The molecule has 0 aliphatic rings. The Morgan fingerprint density at radius 3 is 2.36 bits per heavy atom. The predicted octanol–water partition coefficient (Wildman–Crippen LogP) is 3.49. The van der Waals surface area contributed by atoms with Gasteiger partial charge in [-0.05, 0) is 18.6 Å². The first-order valence-electron chi connectivity index (χ1n) is 5.01. The largest absolute Gasteiger partial charge is 0.385 e. The molecular weight excluding hydrogens is 247 g/mol. The van der Waals surface area contributed by atoms with Crippen molar-refractivity contribution in [1.82, 2.24) is 0 Å². The second-order valence-corrected chi connectivity index (χ2v) is 3.21. The first kappa shape index (κ1) is 14.1. The third kappa shape index (κ3) is 6.56. The van der Waals surface area contributed by atoms with Crippen LogP contribution in [0.2, 0.25) is 0 Å². The van der Waals surface area contributed by atoms with E-state index in [0.29, 0.717) is 0 Å². The molecule has 0 heterocycles. The van der Waals surface area contributed by atoms with Crippen molar-refractivity contribution < 1.29 is 32.7 Å². The summed E-state index contributed by atoms with van der Waals surface area (Å²) in [6.07, 6.45) is 4.83. The summed E-state index contributed by atoms with van der Waals surface area (Å²) in [6.45, 7) is 4.89. The SMILES string of the molecule is [CH2-]CCCCCNc1ccccc1.[Y]. The molecule has 14 heavy (non-hydrogen) atoms. The minimum Gasteiger partial charge on any atom is -0.385 e. The summed E-state index contributed by atoms with van der Waals surface area (Å²) in [5, 5.41) is 3.38. The molecule has 75 valence electrons. The van der Waals surface area contributed by atoms with E-state index in [0.717, 1.165) is 13.0 Å². The minimum atomic E-state index is 0. The summed E-state index contributed by atoms with van der Waals surface area (Å²) in [5.74, 6) is 0. The summed E-state index contributed by atoms with van der Waals surface area (Å²) in [7, 11) is 0. The maximum absolute atomic E-state index is 3.82. The number of rotatable bonds is 6. The zero-order valence-corrected chi connectivity index (χ0v) is 11.5. The Hall–Kier alpha value is 0.124. The second-order valence-electron chi connectivity index (χ2n) is 3.21. The minimum absolute atomic E-state index is 0. The Balaban J connectivity index is 0.00000169. The number of benzene rings is 1. The van der Waals surface area contributed by atoms with Gasteiger partial charge in [0.15, 0.2) is 0 Å². The van der Waals surface area contributed by atoms with E-state index in [4.69, 9.17) is 0 Å². The summed E-state index contributed by atoms with van der Waals surface area (Å²) in [6, 6.07) is 10.3. The molecule has 1 rings (SSSR count). The molecule has 0 fully saturated rings. The summed E-state index contributed by atoms with van der Waals surface area (Å²) < 4.78 is 0. The molecule has 0 unspecified atom stereocenters. The fourth-order valence-corrected chi connectivity index (χ4v) is 1.27. The molecule has 1 N–H and O–H groups in total. The van der Waals surface area contributed by atoms with Crippen molar-refractivity contribution >= 4 is 5.69 Å². The monoisotopic (exact) mass is 265 g/mol. The predicted molar refractivity (Wildman–Crippen MR) is 58.8 cm³/mol. The first-order valence-corrected chi connectivity index (χ1v) is 5.01. The van der Waals surface area contributed by atoms with Gasteiger partial charge in [0.2, 0.25) is 0 Å². The topological polar surface area (TPSA) is 12.0 Å². The number of anilines is 1. The molecule has 0 aliphatic carbocycles. The van der Waals surface area contributed by atoms with E-state index >= 15 is 0 Å². The maximum atomic E-state index is 3.82. The molecule has 0 aliphatic heterocycles. The van der Waals surface area contributed by atoms with Crippen LogP contribution >= 0.6 is 0 Å². The van der Waals surface area contributed by atoms with Crippen LogP contribution in [0.3, 0.4) is 0 Å². The molecule has 1 nitrogen and oxygen atoms in total. The summed E-state index contributed by atoms with van der Waals surface area (Å²) in [4.78, 5) is 0. The normalized spacial score (nSPS) is 9.21. The van der Waals surface area contributed by atoms with Crippen LogP contribution in [-0.4, -0.2) is 6.54 Å². The van der Waals surface area contributed by atoms with E-state index in [1.54, 1.807) is 0 Å². The van der Waals surface area contributed by atoms with E-state index in [-0.39, 0.29) is 32.7 Å². The van der Waals surface area contributed by atoms with E-state index < -0.39 is 0 Å². The Morgan fingerprint density at radius 2 is 1.71 bits per heavy atom. The van der Waals surface area contributed by atoms with Gasteiger partial charge in [-0.25, -0.2) is 0 Å². The zero-order chi connectivity index (χ0) is 9.36. The fourth-order valence-electron chi connectivity index (χ4n) is 1.27. The van der Waals surface area contributed by atoms with Crippen molar-refractivity contribution in [3.05, 3.63) is 37.3 Å². The van der Waals surface area contributed by atoms with Gasteiger partial charge in [0, 0.05) is 44.9 Å². The zero-order valence-electron chi connectivity index (χ0n) is 8.71. The Bertz CT molecular complexity index is 211. The second kappa shape index (κ2) is 9.67. The molecule has 0 aromatic heterocycles. The maximum Gasteiger partial charge on any atom is 0.0340 e. The molecular formula is C12H18NY-. The number of nitrogens with one attached hydrogen (secondary N) is 1. The quantitative estimate of drug-likeness (QED) is 0.613. The van der Waals surface area contributed by atoms with Crippen LogP contribution in [0, 0.1) is 6.92 Å². The number of hydrogen-bond acceptors (Lipinski definition) is 1. The van der Waals surface area contributed by atoms with Crippen LogP contribution in [0.15, 0.2) is 30.3 Å². The van der Waals surface area contributed by atoms with Crippen molar-refractivity contribution in [2.45, 2.75) is 25.7 Å². The van der Waals surface area contributed by atoms with Gasteiger partial charge < -0.3 is 12.2 Å². The fraction of sp³-hybridized carbons (Fsp3) is 0.417. The standard InChI is InChI=1S/C12H18N.Y/c1-2-3-4-8-11-13-12-9-6-5-7-10-12;/h5-7,9-10,13H,1-4,8,11H2;/q-1;. The molecule has 1 aromatic carbocycles. The molecule has 1 aromatic rings. The van der Waals surface area contributed by atoms with E-state index in [9.17, 15) is 0 Å². The van der Waals surface area contributed by atoms with Gasteiger partial charge in [0.25, 0.3) is 0 Å². The molecule has 0 saturated carbocycles. The first-order chi connectivity index (χ1) is 6.43. The van der Waals surface area contributed by atoms with Crippen LogP contribution < -0.4 is 5.32 Å². The summed E-state index contributed by atoms with van der Waals surface area (Å²) >= 11 is 0. The van der Waals surface area contributed by atoms with Crippen LogP contribution in [-0.2, 0) is 32.7 Å². The van der Waals surface area contributed by atoms with Crippen LogP contribution in [0.4, 0.5) is 5.69 Å². The average Bonchev–Trinajstić information content (AvgIpc) is 2.19. The van der Waals surface area contributed by atoms with Crippen molar-refractivity contribution in [3.8, 4) is 0 Å². The van der Waals surface area contributed by atoms with E-state index in [2.05, 4.69) is 36.5 Å². The van der Waals surface area contributed by atoms with Crippen molar-refractivity contribution in [2.24, 2.45) is 0 Å². The third-order valence-corrected chi connectivity index (χ3v) is 2.03. The van der Waals surface area contributed by atoms with Gasteiger partial charge in [0.05, 0.1) is 0 Å². The van der Waals surface area contributed by atoms with Crippen molar-refractivity contribution in [2.75, 3.05) is 11.9 Å². The number of para-hydroxylation sites is 1. The number of unbranched alkanes of at least 4 members (excludes halogenated alkanes) is 3. The van der Waals surface area contributed by atoms with Gasteiger partial charge in [-0.2, -0.15) is 6.42 Å². The molecule has 1 radical (unpaired) electrons. The van der Waals surface area contributed by atoms with Gasteiger partial charge in [-0.1, -0.05) is 31.0 Å². The molecule has 0 bridgehead atoms. The molecule has 0 atom stereocenters. The van der Waals surface area contributed by atoms with Crippen molar-refractivity contribution in [1.29, 1.82) is 0 Å². The van der Waals surface area contributed by atoms with Gasteiger partial charge in [-0.15, -0.1) is 0 Å². The molecule has 0 amide bonds. The van der Waals surface area contributed by atoms with Crippen LogP contribution in [0.1, 0.15) is 25.7 Å². The smallest absolute Gasteiger partial charge is 0.0340 e. The molecule has 0 spiro atoms. The Kier molecular flexibility index (Phi) is 9.76. The van der Waals surface area contributed by atoms with Gasteiger partial charge in [-0.3, -0.25) is 0 Å².